The fourth-order valence-electron chi connectivity index (χ4n) is 1.20. The topological polar surface area (TPSA) is 9.23 Å². The lowest BCUT2D eigenvalue weighted by molar-refractivity contribution is 0.231. The van der Waals surface area contributed by atoms with E-state index in [0.717, 1.165) is 5.75 Å². The molecule has 0 N–H and O–H groups in total. The minimum Gasteiger partial charge on any atom is -0.415 e. The van der Waals surface area contributed by atoms with Crippen molar-refractivity contribution in [2.45, 2.75) is 45.5 Å². The second-order valence-electron chi connectivity index (χ2n) is 3.75. The Hall–Kier alpha value is 0.527. The zero-order chi connectivity index (χ0) is 8.91. The van der Waals surface area contributed by atoms with Gasteiger partial charge in [-0.3, -0.25) is 0 Å². The summed E-state index contributed by atoms with van der Waals surface area (Å²) in [6, 6.07) is 1.23. The minimum atomic E-state index is -1.34. The van der Waals surface area contributed by atoms with Gasteiger partial charge in [-0.15, -0.1) is 0 Å². The van der Waals surface area contributed by atoms with Gasteiger partial charge < -0.3 is 4.43 Å². The fraction of sp³-hybridized carbons (Fsp3) is 1.00. The van der Waals surface area contributed by atoms with Crippen molar-refractivity contribution in [3.8, 4) is 0 Å². The number of hydrogen-bond donors (Lipinski definition) is 1. The molecule has 0 aliphatic rings. The van der Waals surface area contributed by atoms with Crippen LogP contribution in [0.2, 0.25) is 19.1 Å². The Labute approximate surface area is 77.1 Å². The van der Waals surface area contributed by atoms with E-state index in [1.807, 2.05) is 0 Å². The summed E-state index contributed by atoms with van der Waals surface area (Å²) in [6.07, 6.45) is 1.58. The van der Waals surface area contributed by atoms with Gasteiger partial charge in [-0.2, -0.15) is 12.6 Å². The Morgan fingerprint density at radius 2 is 1.91 bits per heavy atom. The first kappa shape index (κ1) is 11.5. The van der Waals surface area contributed by atoms with Crippen LogP contribution in [0.1, 0.15) is 20.3 Å². The standard InChI is InChI=1S/C8H20OSSi/c1-8(2)9-11(3,4)7-5-6-10/h8,10H,5-7H2,1-4H3. The second-order valence-corrected chi connectivity index (χ2v) is 8.46. The third kappa shape index (κ3) is 6.91. The molecule has 0 atom stereocenters. The monoisotopic (exact) mass is 192 g/mol. The quantitative estimate of drug-likeness (QED) is 0.520. The summed E-state index contributed by atoms with van der Waals surface area (Å²) in [7, 11) is -1.34. The Balaban J connectivity index is 3.61. The Morgan fingerprint density at radius 1 is 1.36 bits per heavy atom. The predicted octanol–water partition coefficient (Wildman–Crippen LogP) is 2.94. The zero-order valence-electron chi connectivity index (χ0n) is 8.05. The van der Waals surface area contributed by atoms with Crippen molar-refractivity contribution in [3.05, 3.63) is 0 Å². The highest BCUT2D eigenvalue weighted by Gasteiger charge is 2.22. The van der Waals surface area contributed by atoms with Crippen LogP contribution < -0.4 is 0 Å². The smallest absolute Gasteiger partial charge is 0.187 e. The van der Waals surface area contributed by atoms with Crippen LogP contribution in [0, 0.1) is 0 Å². The molecule has 0 aromatic rings. The predicted molar refractivity (Wildman–Crippen MR) is 57.0 cm³/mol. The molecule has 11 heavy (non-hydrogen) atoms. The maximum Gasteiger partial charge on any atom is 0.187 e. The van der Waals surface area contributed by atoms with Crippen LogP contribution in [0.5, 0.6) is 0 Å². The third-order valence-corrected chi connectivity index (χ3v) is 4.48. The molecule has 0 aromatic heterocycles. The summed E-state index contributed by atoms with van der Waals surface area (Å²) < 4.78 is 5.84. The molecule has 0 heterocycles. The summed E-state index contributed by atoms with van der Waals surface area (Å²) >= 11 is 4.19. The van der Waals surface area contributed by atoms with Crippen molar-refractivity contribution < 1.29 is 4.43 Å². The highest BCUT2D eigenvalue weighted by molar-refractivity contribution is 7.80. The molecule has 0 unspecified atom stereocenters. The largest absolute Gasteiger partial charge is 0.415 e. The van der Waals surface area contributed by atoms with E-state index in [1.54, 1.807) is 0 Å². The summed E-state index contributed by atoms with van der Waals surface area (Å²) in [5, 5.41) is 0. The molecule has 0 aromatic carbocycles. The van der Waals surface area contributed by atoms with Gasteiger partial charge >= 0.3 is 0 Å². The van der Waals surface area contributed by atoms with E-state index in [4.69, 9.17) is 4.43 Å². The first-order chi connectivity index (χ1) is 4.98. The molecule has 0 rings (SSSR count). The molecule has 0 aliphatic heterocycles. The van der Waals surface area contributed by atoms with Gasteiger partial charge in [0, 0.05) is 6.10 Å². The van der Waals surface area contributed by atoms with Gasteiger partial charge in [-0.1, -0.05) is 0 Å². The first-order valence-electron chi connectivity index (χ1n) is 4.26. The van der Waals surface area contributed by atoms with Crippen molar-refractivity contribution in [2.24, 2.45) is 0 Å². The molecule has 0 radical (unpaired) electrons. The summed E-state index contributed by atoms with van der Waals surface area (Å²) in [4.78, 5) is 0. The maximum atomic E-state index is 5.84. The van der Waals surface area contributed by atoms with Crippen molar-refractivity contribution in [3.63, 3.8) is 0 Å². The average Bonchev–Trinajstić information content (AvgIpc) is 1.81. The number of rotatable bonds is 5. The number of hydrogen-bond acceptors (Lipinski definition) is 2. The number of thiol groups is 1. The lowest BCUT2D eigenvalue weighted by Crippen LogP contribution is -2.33. The van der Waals surface area contributed by atoms with Crippen LogP contribution in [0.3, 0.4) is 0 Å². The van der Waals surface area contributed by atoms with Gasteiger partial charge in [-0.05, 0) is 45.2 Å². The summed E-state index contributed by atoms with van der Waals surface area (Å²) in [5.74, 6) is 0.984. The van der Waals surface area contributed by atoms with E-state index < -0.39 is 8.32 Å². The molecule has 0 fully saturated rings. The second kappa shape index (κ2) is 5.22. The molecule has 0 saturated carbocycles. The molecule has 0 amide bonds. The highest BCUT2D eigenvalue weighted by atomic mass is 32.1. The lowest BCUT2D eigenvalue weighted by Gasteiger charge is -2.25. The van der Waals surface area contributed by atoms with E-state index in [0.29, 0.717) is 6.10 Å². The molecule has 0 bridgehead atoms. The van der Waals surface area contributed by atoms with Gasteiger partial charge in [0.05, 0.1) is 0 Å². The Kier molecular flexibility index (Phi) is 5.47. The zero-order valence-corrected chi connectivity index (χ0v) is 9.95. The van der Waals surface area contributed by atoms with Crippen LogP contribution in [-0.2, 0) is 4.43 Å². The molecule has 1 nitrogen and oxygen atoms in total. The van der Waals surface area contributed by atoms with Crippen LogP contribution in [0.15, 0.2) is 0 Å². The van der Waals surface area contributed by atoms with Crippen molar-refractivity contribution in [1.82, 2.24) is 0 Å². The van der Waals surface area contributed by atoms with Gasteiger partial charge in [0.25, 0.3) is 0 Å². The SMILES string of the molecule is CC(C)O[Si](C)(C)CCCS. The van der Waals surface area contributed by atoms with E-state index >= 15 is 0 Å². The maximum absolute atomic E-state index is 5.84. The van der Waals surface area contributed by atoms with Crippen molar-refractivity contribution >= 4 is 20.9 Å². The van der Waals surface area contributed by atoms with Gasteiger partial charge in [-0.25, -0.2) is 0 Å². The van der Waals surface area contributed by atoms with Crippen LogP contribution in [0.25, 0.3) is 0 Å². The molecule has 68 valence electrons. The fourth-order valence-corrected chi connectivity index (χ4v) is 4.08. The minimum absolute atomic E-state index is 0.386. The van der Waals surface area contributed by atoms with Crippen LogP contribution in [-0.4, -0.2) is 20.2 Å². The molecule has 0 spiro atoms. The first-order valence-corrected chi connectivity index (χ1v) is 8.01. The molecule has 0 saturated heterocycles. The van der Waals surface area contributed by atoms with Crippen LogP contribution >= 0.6 is 12.6 Å². The molecular formula is C8H20OSSi. The van der Waals surface area contributed by atoms with Gasteiger partial charge in [0.15, 0.2) is 8.32 Å². The summed E-state index contributed by atoms with van der Waals surface area (Å²) in [6.45, 7) is 8.76. The normalized spacial score (nSPS) is 12.5. The highest BCUT2D eigenvalue weighted by Crippen LogP contribution is 2.15. The van der Waals surface area contributed by atoms with Gasteiger partial charge in [0.1, 0.15) is 0 Å². The molecule has 3 heteroatoms. The van der Waals surface area contributed by atoms with E-state index in [2.05, 4.69) is 39.6 Å². The van der Waals surface area contributed by atoms with E-state index in [9.17, 15) is 0 Å². The van der Waals surface area contributed by atoms with E-state index in [1.165, 1.54) is 12.5 Å². The Bertz CT molecular complexity index is 104. The van der Waals surface area contributed by atoms with E-state index in [-0.39, 0.29) is 0 Å². The van der Waals surface area contributed by atoms with Crippen molar-refractivity contribution in [2.75, 3.05) is 5.75 Å². The van der Waals surface area contributed by atoms with Crippen LogP contribution in [0.4, 0.5) is 0 Å². The van der Waals surface area contributed by atoms with Gasteiger partial charge in [0.2, 0.25) is 0 Å². The summed E-state index contributed by atoms with van der Waals surface area (Å²) in [5.41, 5.74) is 0. The van der Waals surface area contributed by atoms with Crippen molar-refractivity contribution in [1.29, 1.82) is 0 Å². The average molecular weight is 192 g/mol. The Morgan fingerprint density at radius 3 is 2.27 bits per heavy atom. The molecular weight excluding hydrogens is 172 g/mol. The third-order valence-electron chi connectivity index (χ3n) is 1.49. The lowest BCUT2D eigenvalue weighted by atomic mass is 10.5. The molecule has 0 aliphatic carbocycles.